The molecule has 1 aromatic carbocycles. The van der Waals surface area contributed by atoms with Gasteiger partial charge in [0, 0.05) is 0 Å². The van der Waals surface area contributed by atoms with Crippen LogP contribution in [0.4, 0.5) is 0 Å². The summed E-state index contributed by atoms with van der Waals surface area (Å²) in [6, 6.07) is 5.63. The van der Waals surface area contributed by atoms with Crippen LogP contribution >= 0.6 is 0 Å². The molecule has 5 heteroatoms. The number of ether oxygens (including phenoxy) is 1. The number of nitrogens with one attached hydrogen (secondary N) is 1. The van der Waals surface area contributed by atoms with Gasteiger partial charge in [0.2, 0.25) is 0 Å². The fraction of sp³-hybridized carbons (Fsp3) is 0.467. The van der Waals surface area contributed by atoms with E-state index in [-0.39, 0.29) is 6.61 Å². The van der Waals surface area contributed by atoms with Crippen LogP contribution in [0.25, 0.3) is 0 Å². The first-order valence-corrected chi connectivity index (χ1v) is 6.68. The lowest BCUT2D eigenvalue weighted by Crippen LogP contribution is -2.59. The van der Waals surface area contributed by atoms with Crippen LogP contribution < -0.4 is 10.1 Å². The van der Waals surface area contributed by atoms with Gasteiger partial charge >= 0.3 is 5.97 Å². The van der Waals surface area contributed by atoms with Crippen LogP contribution in [0.2, 0.25) is 0 Å². The normalized spacial score (nSPS) is 16.1. The lowest BCUT2D eigenvalue weighted by atomic mass is 9.77. The minimum absolute atomic E-state index is 0.167. The Bertz CT molecular complexity index is 535. The molecule has 1 fully saturated rings. The van der Waals surface area contributed by atoms with Gasteiger partial charge in [-0.3, -0.25) is 4.79 Å². The first kappa shape index (κ1) is 14.4. The van der Waals surface area contributed by atoms with Gasteiger partial charge in [-0.1, -0.05) is 12.1 Å². The molecule has 1 amide bonds. The molecule has 1 aliphatic rings. The highest BCUT2D eigenvalue weighted by molar-refractivity contribution is 5.88. The number of carbonyl (C=O) groups excluding carboxylic acids is 1. The Morgan fingerprint density at radius 3 is 2.60 bits per heavy atom. The highest BCUT2D eigenvalue weighted by Crippen LogP contribution is 2.32. The molecule has 0 aromatic heterocycles. The summed E-state index contributed by atoms with van der Waals surface area (Å²) in [6.07, 6.45) is 1.79. The molecule has 0 atom stereocenters. The third kappa shape index (κ3) is 2.76. The number of benzene rings is 1. The van der Waals surface area contributed by atoms with Crippen LogP contribution in [0.3, 0.4) is 0 Å². The monoisotopic (exact) mass is 277 g/mol. The molecule has 0 bridgehead atoms. The van der Waals surface area contributed by atoms with E-state index in [1.807, 2.05) is 26.0 Å². The summed E-state index contributed by atoms with van der Waals surface area (Å²) < 4.78 is 5.47. The largest absolute Gasteiger partial charge is 0.483 e. The van der Waals surface area contributed by atoms with Gasteiger partial charge in [-0.25, -0.2) is 4.79 Å². The van der Waals surface area contributed by atoms with Gasteiger partial charge in [0.15, 0.2) is 6.61 Å². The summed E-state index contributed by atoms with van der Waals surface area (Å²) in [6.45, 7) is 3.72. The van der Waals surface area contributed by atoms with Gasteiger partial charge in [-0.15, -0.1) is 0 Å². The molecule has 0 radical (unpaired) electrons. The van der Waals surface area contributed by atoms with Gasteiger partial charge in [0.05, 0.1) is 0 Å². The molecular weight excluding hydrogens is 258 g/mol. The number of hydrogen-bond donors (Lipinski definition) is 2. The number of rotatable bonds is 5. The molecule has 1 saturated carbocycles. The van der Waals surface area contributed by atoms with Gasteiger partial charge in [-0.05, 0) is 50.3 Å². The van der Waals surface area contributed by atoms with Crippen molar-refractivity contribution in [2.45, 2.75) is 38.6 Å². The smallest absolute Gasteiger partial charge is 0.329 e. The summed E-state index contributed by atoms with van der Waals surface area (Å²) in [5, 5.41) is 11.7. The first-order chi connectivity index (χ1) is 9.44. The number of hydrogen-bond acceptors (Lipinski definition) is 3. The number of aryl methyl sites for hydroxylation is 1. The zero-order valence-electron chi connectivity index (χ0n) is 11.7. The van der Waals surface area contributed by atoms with Crippen LogP contribution in [0.15, 0.2) is 18.2 Å². The van der Waals surface area contributed by atoms with Crippen molar-refractivity contribution in [3.63, 3.8) is 0 Å². The second-order valence-corrected chi connectivity index (χ2v) is 5.28. The van der Waals surface area contributed by atoms with Crippen LogP contribution in [-0.4, -0.2) is 29.1 Å². The number of carboxylic acids is 1. The van der Waals surface area contributed by atoms with Crippen LogP contribution in [0.5, 0.6) is 5.75 Å². The van der Waals surface area contributed by atoms with E-state index in [1.54, 1.807) is 6.07 Å². The Morgan fingerprint density at radius 2 is 2.05 bits per heavy atom. The maximum Gasteiger partial charge on any atom is 0.329 e. The quantitative estimate of drug-likeness (QED) is 0.860. The zero-order chi connectivity index (χ0) is 14.8. The molecule has 0 aliphatic heterocycles. The third-order valence-electron chi connectivity index (χ3n) is 3.91. The fourth-order valence-corrected chi connectivity index (χ4v) is 2.25. The van der Waals surface area contributed by atoms with Crippen molar-refractivity contribution >= 4 is 11.9 Å². The van der Waals surface area contributed by atoms with Crippen molar-refractivity contribution in [2.24, 2.45) is 0 Å². The first-order valence-electron chi connectivity index (χ1n) is 6.68. The molecule has 20 heavy (non-hydrogen) atoms. The maximum atomic E-state index is 11.8. The second-order valence-electron chi connectivity index (χ2n) is 5.28. The third-order valence-corrected chi connectivity index (χ3v) is 3.91. The Labute approximate surface area is 117 Å². The van der Waals surface area contributed by atoms with E-state index >= 15 is 0 Å². The van der Waals surface area contributed by atoms with Crippen molar-refractivity contribution in [3.05, 3.63) is 29.3 Å². The lowest BCUT2D eigenvalue weighted by Gasteiger charge is -2.38. The number of carboxylic acid groups (broad SMARTS) is 1. The molecule has 108 valence electrons. The molecule has 1 aromatic rings. The van der Waals surface area contributed by atoms with Crippen molar-refractivity contribution in [1.29, 1.82) is 0 Å². The summed E-state index contributed by atoms with van der Waals surface area (Å²) in [5.74, 6) is -0.713. The molecule has 2 N–H and O–H groups in total. The van der Waals surface area contributed by atoms with Crippen molar-refractivity contribution in [3.8, 4) is 5.75 Å². The average molecular weight is 277 g/mol. The Morgan fingerprint density at radius 1 is 1.35 bits per heavy atom. The van der Waals surface area contributed by atoms with Crippen LogP contribution in [0, 0.1) is 13.8 Å². The molecule has 0 unspecified atom stereocenters. The van der Waals surface area contributed by atoms with Crippen LogP contribution in [0.1, 0.15) is 30.4 Å². The maximum absolute atomic E-state index is 11.8. The van der Waals surface area contributed by atoms with Gasteiger partial charge in [0.1, 0.15) is 11.3 Å². The Hall–Kier alpha value is -2.04. The average Bonchev–Trinajstić information content (AvgIpc) is 2.35. The van der Waals surface area contributed by atoms with Gasteiger partial charge in [-0.2, -0.15) is 0 Å². The van der Waals surface area contributed by atoms with E-state index in [9.17, 15) is 9.59 Å². The van der Waals surface area contributed by atoms with Gasteiger partial charge in [0.25, 0.3) is 5.91 Å². The summed E-state index contributed by atoms with van der Waals surface area (Å²) in [4.78, 5) is 23.0. The van der Waals surface area contributed by atoms with E-state index in [4.69, 9.17) is 9.84 Å². The number of amides is 1. The Kier molecular flexibility index (Phi) is 3.97. The van der Waals surface area contributed by atoms with Crippen molar-refractivity contribution < 1.29 is 19.4 Å². The minimum atomic E-state index is -1.08. The predicted octanol–water partition coefficient (Wildman–Crippen LogP) is 1.81. The van der Waals surface area contributed by atoms with Gasteiger partial charge < -0.3 is 15.2 Å². The SMILES string of the molecule is Cc1cccc(OCC(=O)NC2(C(=O)O)CCC2)c1C. The number of carbonyl (C=O) groups is 2. The lowest BCUT2D eigenvalue weighted by molar-refractivity contribution is -0.152. The summed E-state index contributed by atoms with van der Waals surface area (Å²) in [7, 11) is 0. The van der Waals surface area contributed by atoms with Crippen LogP contribution in [-0.2, 0) is 9.59 Å². The molecule has 0 saturated heterocycles. The van der Waals surface area contributed by atoms with E-state index in [0.717, 1.165) is 17.5 Å². The molecule has 2 rings (SSSR count). The standard InChI is InChI=1S/C15H19NO4/c1-10-5-3-6-12(11(10)2)20-9-13(17)16-15(14(18)19)7-4-8-15/h3,5-6H,4,7-9H2,1-2H3,(H,16,17)(H,18,19). The van der Waals surface area contributed by atoms with E-state index in [2.05, 4.69) is 5.32 Å². The topological polar surface area (TPSA) is 75.6 Å². The highest BCUT2D eigenvalue weighted by atomic mass is 16.5. The van der Waals surface area contributed by atoms with E-state index in [0.29, 0.717) is 18.6 Å². The molecule has 0 spiro atoms. The highest BCUT2D eigenvalue weighted by Gasteiger charge is 2.45. The summed E-state index contributed by atoms with van der Waals surface area (Å²) >= 11 is 0. The second kappa shape index (κ2) is 5.53. The van der Waals surface area contributed by atoms with E-state index in [1.165, 1.54) is 0 Å². The van der Waals surface area contributed by atoms with Crippen molar-refractivity contribution in [1.82, 2.24) is 5.32 Å². The molecular formula is C15H19NO4. The fourth-order valence-electron chi connectivity index (χ4n) is 2.25. The minimum Gasteiger partial charge on any atom is -0.483 e. The molecule has 5 nitrogen and oxygen atoms in total. The van der Waals surface area contributed by atoms with E-state index < -0.39 is 17.4 Å². The number of aliphatic carboxylic acids is 1. The molecule has 0 heterocycles. The molecule has 1 aliphatic carbocycles. The predicted molar refractivity (Wildman–Crippen MR) is 73.8 cm³/mol. The van der Waals surface area contributed by atoms with Crippen molar-refractivity contribution in [2.75, 3.05) is 6.61 Å². The summed E-state index contributed by atoms with van der Waals surface area (Å²) in [5.41, 5.74) is 0.989. The Balaban J connectivity index is 1.92. The zero-order valence-corrected chi connectivity index (χ0v) is 11.7.